The second-order valence-electron chi connectivity index (χ2n) is 4.95. The Morgan fingerprint density at radius 2 is 2.14 bits per heavy atom. The van der Waals surface area contributed by atoms with Crippen LogP contribution in [0.2, 0.25) is 5.28 Å². The monoisotopic (exact) mass is 315 g/mol. The van der Waals surface area contributed by atoms with E-state index in [0.29, 0.717) is 0 Å². The highest BCUT2D eigenvalue weighted by Crippen LogP contribution is 2.32. The molecule has 0 fully saturated rings. The van der Waals surface area contributed by atoms with Crippen molar-refractivity contribution >= 4 is 28.5 Å². The SMILES string of the molecule is CCc1cnc(Cl)nc1-c1cn(CC(=O)O)c2ccccc12. The van der Waals surface area contributed by atoms with Crippen LogP contribution in [-0.2, 0) is 17.8 Å². The number of hydrogen-bond donors (Lipinski definition) is 1. The Kier molecular flexibility index (Phi) is 3.81. The van der Waals surface area contributed by atoms with Gasteiger partial charge in [0.25, 0.3) is 0 Å². The van der Waals surface area contributed by atoms with Gasteiger partial charge in [0, 0.05) is 28.9 Å². The topological polar surface area (TPSA) is 68.0 Å². The summed E-state index contributed by atoms with van der Waals surface area (Å²) in [5.41, 5.74) is 3.46. The molecule has 0 amide bonds. The standard InChI is InChI=1S/C16H14ClN3O2/c1-2-10-7-18-16(17)19-15(10)12-8-20(9-14(21)22)13-6-4-3-5-11(12)13/h3-8H,2,9H2,1H3,(H,21,22). The smallest absolute Gasteiger partial charge is 0.323 e. The first-order chi connectivity index (χ1) is 10.6. The van der Waals surface area contributed by atoms with Crippen molar-refractivity contribution in [3.05, 3.63) is 47.5 Å². The maximum atomic E-state index is 11.1. The summed E-state index contributed by atoms with van der Waals surface area (Å²) in [6.45, 7) is 1.92. The van der Waals surface area contributed by atoms with Crippen LogP contribution in [0.3, 0.4) is 0 Å². The molecular formula is C16H14ClN3O2. The quantitative estimate of drug-likeness (QED) is 0.749. The minimum atomic E-state index is -0.885. The van der Waals surface area contributed by atoms with E-state index in [1.807, 2.05) is 37.4 Å². The zero-order valence-electron chi connectivity index (χ0n) is 12.0. The fraction of sp³-hybridized carbons (Fsp3) is 0.188. The number of carboxylic acids is 1. The molecule has 0 radical (unpaired) electrons. The second kappa shape index (κ2) is 5.77. The Bertz CT molecular complexity index is 858. The largest absolute Gasteiger partial charge is 0.480 e. The number of benzene rings is 1. The molecule has 0 saturated heterocycles. The summed E-state index contributed by atoms with van der Waals surface area (Å²) in [4.78, 5) is 19.4. The van der Waals surface area contributed by atoms with E-state index in [0.717, 1.165) is 34.1 Å². The third kappa shape index (κ3) is 2.55. The van der Waals surface area contributed by atoms with Gasteiger partial charge in [0.1, 0.15) is 6.54 Å². The molecule has 112 valence electrons. The van der Waals surface area contributed by atoms with Gasteiger partial charge in [0.2, 0.25) is 5.28 Å². The Hall–Kier alpha value is -2.40. The fourth-order valence-electron chi connectivity index (χ4n) is 2.59. The van der Waals surface area contributed by atoms with Crippen LogP contribution in [0.4, 0.5) is 0 Å². The number of nitrogens with zero attached hydrogens (tertiary/aromatic N) is 3. The van der Waals surface area contributed by atoms with Gasteiger partial charge in [-0.2, -0.15) is 0 Å². The third-order valence-electron chi connectivity index (χ3n) is 3.57. The molecule has 6 heteroatoms. The van der Waals surface area contributed by atoms with E-state index in [4.69, 9.17) is 16.7 Å². The van der Waals surface area contributed by atoms with Gasteiger partial charge >= 0.3 is 5.97 Å². The van der Waals surface area contributed by atoms with E-state index in [9.17, 15) is 4.79 Å². The Morgan fingerprint density at radius 1 is 1.36 bits per heavy atom. The molecule has 0 saturated carbocycles. The van der Waals surface area contributed by atoms with Gasteiger partial charge in [0.15, 0.2) is 0 Å². The van der Waals surface area contributed by atoms with Crippen LogP contribution in [0, 0.1) is 0 Å². The molecule has 1 aromatic carbocycles. The number of fused-ring (bicyclic) bond motifs is 1. The zero-order chi connectivity index (χ0) is 15.7. The van der Waals surface area contributed by atoms with Crippen LogP contribution < -0.4 is 0 Å². The summed E-state index contributed by atoms with van der Waals surface area (Å²) in [7, 11) is 0. The lowest BCUT2D eigenvalue weighted by Crippen LogP contribution is -2.07. The van der Waals surface area contributed by atoms with Gasteiger partial charge in [-0.05, 0) is 29.7 Å². The molecule has 0 aliphatic heterocycles. The maximum absolute atomic E-state index is 11.1. The number of aliphatic carboxylic acids is 1. The number of para-hydroxylation sites is 1. The summed E-state index contributed by atoms with van der Waals surface area (Å²) < 4.78 is 1.71. The molecule has 22 heavy (non-hydrogen) atoms. The van der Waals surface area contributed by atoms with E-state index in [1.165, 1.54) is 0 Å². The van der Waals surface area contributed by atoms with Crippen LogP contribution in [0.1, 0.15) is 12.5 Å². The first-order valence-electron chi connectivity index (χ1n) is 6.91. The van der Waals surface area contributed by atoms with Crippen molar-refractivity contribution in [3.63, 3.8) is 0 Å². The normalized spacial score (nSPS) is 11.0. The molecule has 5 nitrogen and oxygen atoms in total. The van der Waals surface area contributed by atoms with Gasteiger partial charge < -0.3 is 9.67 Å². The lowest BCUT2D eigenvalue weighted by molar-refractivity contribution is -0.137. The highest BCUT2D eigenvalue weighted by atomic mass is 35.5. The molecule has 0 atom stereocenters. The number of hydrogen-bond acceptors (Lipinski definition) is 3. The van der Waals surface area contributed by atoms with E-state index >= 15 is 0 Å². The summed E-state index contributed by atoms with van der Waals surface area (Å²) in [5, 5.41) is 10.2. The van der Waals surface area contributed by atoms with Crippen LogP contribution in [-0.4, -0.2) is 25.6 Å². The molecule has 2 aromatic heterocycles. The summed E-state index contributed by atoms with van der Waals surface area (Å²) in [6.07, 6.45) is 4.30. The van der Waals surface area contributed by atoms with Crippen molar-refractivity contribution in [1.29, 1.82) is 0 Å². The van der Waals surface area contributed by atoms with E-state index in [-0.39, 0.29) is 11.8 Å². The Morgan fingerprint density at radius 3 is 2.86 bits per heavy atom. The van der Waals surface area contributed by atoms with Gasteiger partial charge in [-0.15, -0.1) is 0 Å². The molecule has 0 spiro atoms. The fourth-order valence-corrected chi connectivity index (χ4v) is 2.72. The number of halogens is 1. The van der Waals surface area contributed by atoms with Crippen molar-refractivity contribution in [3.8, 4) is 11.3 Å². The molecule has 2 heterocycles. The number of carbonyl (C=O) groups is 1. The third-order valence-corrected chi connectivity index (χ3v) is 3.75. The van der Waals surface area contributed by atoms with E-state index in [1.54, 1.807) is 10.8 Å². The molecule has 0 aliphatic carbocycles. The van der Waals surface area contributed by atoms with Crippen molar-refractivity contribution in [2.45, 2.75) is 19.9 Å². The molecule has 0 bridgehead atoms. The minimum Gasteiger partial charge on any atom is -0.480 e. The van der Waals surface area contributed by atoms with E-state index < -0.39 is 5.97 Å². The van der Waals surface area contributed by atoms with Crippen LogP contribution >= 0.6 is 11.6 Å². The molecule has 3 rings (SSSR count). The number of rotatable bonds is 4. The summed E-state index contributed by atoms with van der Waals surface area (Å²) >= 11 is 5.94. The van der Waals surface area contributed by atoms with Gasteiger partial charge in [-0.25, -0.2) is 9.97 Å². The Labute approximate surface area is 132 Å². The van der Waals surface area contributed by atoms with Crippen LogP contribution in [0.15, 0.2) is 36.7 Å². The molecule has 0 unspecified atom stereocenters. The van der Waals surface area contributed by atoms with Crippen molar-refractivity contribution in [2.75, 3.05) is 0 Å². The maximum Gasteiger partial charge on any atom is 0.323 e. The van der Waals surface area contributed by atoms with Crippen LogP contribution in [0.5, 0.6) is 0 Å². The van der Waals surface area contributed by atoms with Gasteiger partial charge in [-0.3, -0.25) is 4.79 Å². The first-order valence-corrected chi connectivity index (χ1v) is 7.29. The van der Waals surface area contributed by atoms with Gasteiger partial charge in [-0.1, -0.05) is 25.1 Å². The molecular weight excluding hydrogens is 302 g/mol. The zero-order valence-corrected chi connectivity index (χ0v) is 12.7. The predicted molar refractivity (Wildman–Crippen MR) is 85.0 cm³/mol. The summed E-state index contributed by atoms with van der Waals surface area (Å²) in [5.74, 6) is -0.885. The molecule has 3 aromatic rings. The van der Waals surface area contributed by atoms with Crippen LogP contribution in [0.25, 0.3) is 22.2 Å². The van der Waals surface area contributed by atoms with Crippen molar-refractivity contribution in [2.24, 2.45) is 0 Å². The number of carboxylic acid groups (broad SMARTS) is 1. The lowest BCUT2D eigenvalue weighted by atomic mass is 10.0. The number of aromatic nitrogens is 3. The minimum absolute atomic E-state index is 0.0964. The van der Waals surface area contributed by atoms with E-state index in [2.05, 4.69) is 9.97 Å². The predicted octanol–water partition coefficient (Wildman–Crippen LogP) is 3.40. The van der Waals surface area contributed by atoms with Gasteiger partial charge in [0.05, 0.1) is 5.69 Å². The number of aryl methyl sites for hydroxylation is 1. The average molecular weight is 316 g/mol. The summed E-state index contributed by atoms with van der Waals surface area (Å²) in [6, 6.07) is 7.66. The van der Waals surface area contributed by atoms with Crippen molar-refractivity contribution < 1.29 is 9.90 Å². The molecule has 1 N–H and O–H groups in total. The average Bonchev–Trinajstić information content (AvgIpc) is 2.85. The highest BCUT2D eigenvalue weighted by molar-refractivity contribution is 6.28. The highest BCUT2D eigenvalue weighted by Gasteiger charge is 2.16. The molecule has 0 aliphatic rings. The first kappa shape index (κ1) is 14.5. The van der Waals surface area contributed by atoms with Crippen molar-refractivity contribution in [1.82, 2.24) is 14.5 Å². The Balaban J connectivity index is 2.27. The second-order valence-corrected chi connectivity index (χ2v) is 5.29. The lowest BCUT2D eigenvalue weighted by Gasteiger charge is -2.05.